The summed E-state index contributed by atoms with van der Waals surface area (Å²) in [5.74, 6) is -2.95. The molecule has 0 unspecified atom stereocenters. The van der Waals surface area contributed by atoms with Crippen LogP contribution in [0.2, 0.25) is 0 Å². The fraction of sp³-hybridized carbons (Fsp3) is 0.200. The van der Waals surface area contributed by atoms with Gasteiger partial charge in [0.15, 0.2) is 0 Å². The maximum atomic E-state index is 13.3. The van der Waals surface area contributed by atoms with Crippen molar-refractivity contribution >= 4 is 33.6 Å². The predicted octanol–water partition coefficient (Wildman–Crippen LogP) is 2.28. The summed E-state index contributed by atoms with van der Waals surface area (Å²) in [6.45, 7) is -0.532. The quantitative estimate of drug-likeness (QED) is 0.839. The van der Waals surface area contributed by atoms with Gasteiger partial charge in [0, 0.05) is 13.1 Å². The first-order valence-electron chi connectivity index (χ1n) is 4.69. The number of aliphatic carboxylic acids is 1. The second-order valence-electron chi connectivity index (χ2n) is 3.43. The van der Waals surface area contributed by atoms with Crippen molar-refractivity contribution in [1.29, 1.82) is 0 Å². The molecule has 8 heteroatoms. The Hall–Kier alpha value is -1.70. The molecular weight excluding hydrogens is 314 g/mol. The topological polar surface area (TPSA) is 69.6 Å². The summed E-state index contributed by atoms with van der Waals surface area (Å²) >= 11 is 2.85. The van der Waals surface area contributed by atoms with Crippen molar-refractivity contribution in [2.24, 2.45) is 0 Å². The summed E-state index contributed by atoms with van der Waals surface area (Å²) in [6, 6.07) is 0.850. The van der Waals surface area contributed by atoms with Gasteiger partial charge in [-0.1, -0.05) is 0 Å². The van der Waals surface area contributed by atoms with Crippen LogP contribution >= 0.6 is 15.9 Å². The van der Waals surface area contributed by atoms with Gasteiger partial charge in [0.1, 0.15) is 18.2 Å². The van der Waals surface area contributed by atoms with Crippen LogP contribution in [0.25, 0.3) is 0 Å². The summed E-state index contributed by atoms with van der Waals surface area (Å²) in [5.41, 5.74) is -0.245. The highest BCUT2D eigenvalue weighted by atomic mass is 79.9. The lowest BCUT2D eigenvalue weighted by Crippen LogP contribution is -2.35. The first-order chi connectivity index (χ1) is 8.31. The number of likely N-dealkylation sites (N-methyl/N-ethyl adjacent to an activating group) is 1. The van der Waals surface area contributed by atoms with Crippen LogP contribution in [-0.2, 0) is 4.79 Å². The molecule has 0 saturated heterocycles. The van der Waals surface area contributed by atoms with Gasteiger partial charge in [-0.05, 0) is 22.0 Å². The lowest BCUT2D eigenvalue weighted by molar-refractivity contribution is -0.137. The van der Waals surface area contributed by atoms with E-state index in [4.69, 9.17) is 5.11 Å². The third-order valence-corrected chi connectivity index (χ3v) is 2.58. The number of carboxylic acids is 1. The van der Waals surface area contributed by atoms with E-state index in [1.54, 1.807) is 0 Å². The van der Waals surface area contributed by atoms with E-state index in [1.165, 1.54) is 7.05 Å². The monoisotopic (exact) mass is 322 g/mol. The molecule has 1 aromatic carbocycles. The molecule has 0 bridgehead atoms. The van der Waals surface area contributed by atoms with Crippen molar-refractivity contribution in [3.63, 3.8) is 0 Å². The minimum atomic E-state index is -1.20. The van der Waals surface area contributed by atoms with E-state index in [0.717, 1.165) is 11.0 Å². The molecule has 2 N–H and O–H groups in total. The second-order valence-corrected chi connectivity index (χ2v) is 4.28. The van der Waals surface area contributed by atoms with E-state index < -0.39 is 30.2 Å². The third kappa shape index (κ3) is 3.66. The second kappa shape index (κ2) is 5.76. The smallest absolute Gasteiger partial charge is 0.323 e. The van der Waals surface area contributed by atoms with Crippen LogP contribution in [0.5, 0.6) is 0 Å². The number of rotatable bonds is 3. The molecule has 98 valence electrons. The number of carbonyl (C=O) groups excluding carboxylic acids is 1. The molecule has 0 aliphatic heterocycles. The summed E-state index contributed by atoms with van der Waals surface area (Å²) in [4.78, 5) is 22.7. The number of nitrogens with one attached hydrogen (secondary N) is 1. The van der Waals surface area contributed by atoms with E-state index in [1.807, 2.05) is 0 Å². The minimum absolute atomic E-state index is 0.0138. The Kier molecular flexibility index (Phi) is 4.60. The first kappa shape index (κ1) is 14.4. The lowest BCUT2D eigenvalue weighted by atomic mass is 10.3. The summed E-state index contributed by atoms with van der Waals surface area (Å²) in [5, 5.41) is 10.6. The minimum Gasteiger partial charge on any atom is -0.480 e. The molecule has 18 heavy (non-hydrogen) atoms. The molecule has 0 aliphatic carbocycles. The van der Waals surface area contributed by atoms with Gasteiger partial charge in [0.05, 0.1) is 10.2 Å². The number of urea groups is 1. The molecule has 0 spiro atoms. The SMILES string of the molecule is CN(CC(=O)O)C(=O)Nc1cc(Br)c(F)cc1F. The van der Waals surface area contributed by atoms with Crippen molar-refractivity contribution < 1.29 is 23.5 Å². The highest BCUT2D eigenvalue weighted by molar-refractivity contribution is 9.10. The fourth-order valence-electron chi connectivity index (χ4n) is 1.10. The Labute approximate surface area is 110 Å². The number of anilines is 1. The Balaban J connectivity index is 2.82. The van der Waals surface area contributed by atoms with Crippen LogP contribution in [0.3, 0.4) is 0 Å². The van der Waals surface area contributed by atoms with Crippen LogP contribution in [0, 0.1) is 11.6 Å². The third-order valence-electron chi connectivity index (χ3n) is 1.97. The molecule has 0 heterocycles. The summed E-state index contributed by atoms with van der Waals surface area (Å²) < 4.78 is 26.2. The maximum Gasteiger partial charge on any atom is 0.323 e. The van der Waals surface area contributed by atoms with Crippen LogP contribution in [0.1, 0.15) is 0 Å². The highest BCUT2D eigenvalue weighted by Gasteiger charge is 2.15. The van der Waals surface area contributed by atoms with Gasteiger partial charge in [-0.3, -0.25) is 4.79 Å². The van der Waals surface area contributed by atoms with Crippen molar-refractivity contribution in [2.45, 2.75) is 0 Å². The molecule has 0 radical (unpaired) electrons. The van der Waals surface area contributed by atoms with Gasteiger partial charge < -0.3 is 15.3 Å². The van der Waals surface area contributed by atoms with Crippen molar-refractivity contribution in [2.75, 3.05) is 18.9 Å². The van der Waals surface area contributed by atoms with Gasteiger partial charge >= 0.3 is 12.0 Å². The Morgan fingerprint density at radius 3 is 2.56 bits per heavy atom. The maximum absolute atomic E-state index is 13.3. The summed E-state index contributed by atoms with van der Waals surface area (Å²) in [6.07, 6.45) is 0. The molecule has 2 amide bonds. The number of hydrogen-bond acceptors (Lipinski definition) is 2. The van der Waals surface area contributed by atoms with Crippen LogP contribution in [-0.4, -0.2) is 35.6 Å². The van der Waals surface area contributed by atoms with Crippen molar-refractivity contribution in [3.8, 4) is 0 Å². The normalized spacial score (nSPS) is 10.0. The van der Waals surface area contributed by atoms with Gasteiger partial charge in [-0.25, -0.2) is 13.6 Å². The Morgan fingerprint density at radius 2 is 2.00 bits per heavy atom. The lowest BCUT2D eigenvalue weighted by Gasteiger charge is -2.16. The van der Waals surface area contributed by atoms with Gasteiger partial charge in [-0.15, -0.1) is 0 Å². The van der Waals surface area contributed by atoms with Crippen LogP contribution in [0.15, 0.2) is 16.6 Å². The molecule has 0 fully saturated rings. The van der Waals surface area contributed by atoms with E-state index in [9.17, 15) is 18.4 Å². The number of carbonyl (C=O) groups is 2. The highest BCUT2D eigenvalue weighted by Crippen LogP contribution is 2.23. The van der Waals surface area contributed by atoms with E-state index in [0.29, 0.717) is 6.07 Å². The number of carboxylic acid groups (broad SMARTS) is 1. The molecule has 0 atom stereocenters. The molecule has 0 aliphatic rings. The van der Waals surface area contributed by atoms with E-state index >= 15 is 0 Å². The fourth-order valence-corrected chi connectivity index (χ4v) is 1.45. The van der Waals surface area contributed by atoms with Gasteiger partial charge in [0.2, 0.25) is 0 Å². The van der Waals surface area contributed by atoms with Crippen LogP contribution < -0.4 is 5.32 Å². The number of benzene rings is 1. The van der Waals surface area contributed by atoms with E-state index in [2.05, 4.69) is 21.2 Å². The first-order valence-corrected chi connectivity index (χ1v) is 5.49. The van der Waals surface area contributed by atoms with E-state index in [-0.39, 0.29) is 10.2 Å². The zero-order valence-corrected chi connectivity index (χ0v) is 10.8. The Morgan fingerprint density at radius 1 is 1.39 bits per heavy atom. The number of amides is 2. The molecule has 1 rings (SSSR count). The number of hydrogen-bond donors (Lipinski definition) is 2. The number of nitrogens with zero attached hydrogens (tertiary/aromatic N) is 1. The summed E-state index contributed by atoms with van der Waals surface area (Å²) in [7, 11) is 1.24. The number of halogens is 3. The molecular formula is C10H9BrF2N2O3. The predicted molar refractivity (Wildman–Crippen MR) is 63.3 cm³/mol. The molecule has 1 aromatic rings. The average molecular weight is 323 g/mol. The van der Waals surface area contributed by atoms with Gasteiger partial charge in [-0.2, -0.15) is 0 Å². The average Bonchev–Trinajstić information content (AvgIpc) is 2.24. The zero-order chi connectivity index (χ0) is 13.9. The standard InChI is InChI=1S/C10H9BrF2N2O3/c1-15(4-9(16)17)10(18)14-8-2-5(11)6(12)3-7(8)13/h2-3H,4H2,1H3,(H,14,18)(H,16,17). The zero-order valence-electron chi connectivity index (χ0n) is 9.21. The van der Waals surface area contributed by atoms with Crippen molar-refractivity contribution in [1.82, 2.24) is 4.90 Å². The molecule has 0 saturated carbocycles. The van der Waals surface area contributed by atoms with Crippen molar-refractivity contribution in [3.05, 3.63) is 28.2 Å². The molecule has 5 nitrogen and oxygen atoms in total. The molecule has 0 aromatic heterocycles. The van der Waals surface area contributed by atoms with Gasteiger partial charge in [0.25, 0.3) is 0 Å². The Bertz CT molecular complexity index is 496. The largest absolute Gasteiger partial charge is 0.480 e. The van der Waals surface area contributed by atoms with Crippen LogP contribution in [0.4, 0.5) is 19.3 Å².